The van der Waals surface area contributed by atoms with E-state index in [-0.39, 0.29) is 11.3 Å². The van der Waals surface area contributed by atoms with Crippen LogP contribution < -0.4 is 11.1 Å². The molecule has 0 atom stereocenters. The molecule has 6 nitrogen and oxygen atoms in total. The molecule has 0 aliphatic rings. The predicted octanol–water partition coefficient (Wildman–Crippen LogP) is 1.20. The van der Waals surface area contributed by atoms with Crippen LogP contribution in [-0.4, -0.2) is 21.5 Å². The molecule has 18 heavy (non-hydrogen) atoms. The van der Waals surface area contributed by atoms with Crippen LogP contribution >= 0.6 is 0 Å². The summed E-state index contributed by atoms with van der Waals surface area (Å²) in [6.07, 6.45) is 4.09. The molecule has 0 saturated carbocycles. The third kappa shape index (κ3) is 2.34. The Kier molecular flexibility index (Phi) is 3.05. The molecule has 0 unspecified atom stereocenters. The van der Waals surface area contributed by atoms with Crippen molar-refractivity contribution in [3.63, 3.8) is 0 Å². The fourth-order valence-electron chi connectivity index (χ4n) is 1.33. The Bertz CT molecular complexity index is 595. The van der Waals surface area contributed by atoms with Gasteiger partial charge in [-0.15, -0.1) is 0 Å². The van der Waals surface area contributed by atoms with Gasteiger partial charge in [0.1, 0.15) is 12.1 Å². The van der Waals surface area contributed by atoms with Gasteiger partial charge in [-0.05, 0) is 18.2 Å². The van der Waals surface area contributed by atoms with Crippen LogP contribution in [0.3, 0.4) is 0 Å². The second-order valence-corrected chi connectivity index (χ2v) is 3.46. The molecule has 1 heterocycles. The third-order valence-corrected chi connectivity index (χ3v) is 2.23. The van der Waals surface area contributed by atoms with E-state index in [1.54, 1.807) is 0 Å². The zero-order valence-corrected chi connectivity index (χ0v) is 9.13. The maximum atomic E-state index is 13.4. The first kappa shape index (κ1) is 11.8. The molecule has 1 aromatic carbocycles. The second kappa shape index (κ2) is 4.66. The average molecular weight is 248 g/mol. The summed E-state index contributed by atoms with van der Waals surface area (Å²) < 4.78 is 14.6. The quantitative estimate of drug-likeness (QED) is 0.836. The van der Waals surface area contributed by atoms with Crippen LogP contribution in [0.1, 0.15) is 10.4 Å². The smallest absolute Gasteiger partial charge is 0.331 e. The van der Waals surface area contributed by atoms with Gasteiger partial charge in [-0.25, -0.2) is 14.2 Å². The van der Waals surface area contributed by atoms with Gasteiger partial charge in [0.05, 0.1) is 5.69 Å². The monoisotopic (exact) mass is 248 g/mol. The fourth-order valence-corrected chi connectivity index (χ4v) is 1.33. The maximum Gasteiger partial charge on any atom is 0.331 e. The lowest BCUT2D eigenvalue weighted by Crippen LogP contribution is -2.19. The van der Waals surface area contributed by atoms with E-state index in [9.17, 15) is 14.0 Å². The molecule has 3 N–H and O–H groups in total. The van der Waals surface area contributed by atoms with Crippen molar-refractivity contribution in [3.05, 3.63) is 48.3 Å². The van der Waals surface area contributed by atoms with Crippen LogP contribution in [0.15, 0.2) is 36.9 Å². The summed E-state index contributed by atoms with van der Waals surface area (Å²) in [7, 11) is 0. The number of benzene rings is 1. The Labute approximate surface area is 101 Å². The summed E-state index contributed by atoms with van der Waals surface area (Å²) >= 11 is 0. The van der Waals surface area contributed by atoms with Gasteiger partial charge in [-0.2, -0.15) is 0 Å². The van der Waals surface area contributed by atoms with Crippen molar-refractivity contribution in [1.29, 1.82) is 0 Å². The number of primary amides is 1. The van der Waals surface area contributed by atoms with Crippen molar-refractivity contribution in [2.24, 2.45) is 5.73 Å². The van der Waals surface area contributed by atoms with E-state index in [1.807, 2.05) is 0 Å². The number of carbonyl (C=O) groups is 2. The molecule has 0 aliphatic carbocycles. The Balaban J connectivity index is 2.26. The predicted molar refractivity (Wildman–Crippen MR) is 61.6 cm³/mol. The molecule has 1 aromatic heterocycles. The van der Waals surface area contributed by atoms with E-state index in [0.717, 1.165) is 10.6 Å². The van der Waals surface area contributed by atoms with Crippen molar-refractivity contribution in [2.45, 2.75) is 0 Å². The van der Waals surface area contributed by atoms with Crippen molar-refractivity contribution in [3.8, 4) is 0 Å². The molecule has 0 bridgehead atoms. The zero-order chi connectivity index (χ0) is 13.1. The number of carbonyl (C=O) groups excluding carboxylic acids is 2. The molecule has 0 fully saturated rings. The maximum absolute atomic E-state index is 13.4. The van der Waals surface area contributed by atoms with Crippen LogP contribution in [0.5, 0.6) is 0 Å². The number of aromatic nitrogens is 2. The minimum absolute atomic E-state index is 0.109. The van der Waals surface area contributed by atoms with E-state index in [2.05, 4.69) is 10.3 Å². The van der Waals surface area contributed by atoms with Crippen molar-refractivity contribution in [1.82, 2.24) is 9.55 Å². The number of hydrogen-bond donors (Lipinski definition) is 2. The number of rotatable bonds is 2. The third-order valence-electron chi connectivity index (χ3n) is 2.23. The number of anilines is 1. The summed E-state index contributed by atoms with van der Waals surface area (Å²) in [6.45, 7) is 0. The number of nitrogens with one attached hydrogen (secondary N) is 1. The minimum atomic E-state index is -0.701. The molecule has 2 amide bonds. The normalized spacial score (nSPS) is 10.1. The van der Waals surface area contributed by atoms with Gasteiger partial charge in [-0.3, -0.25) is 9.36 Å². The SMILES string of the molecule is NC(=O)c1ccc(F)c(NC(=O)n2ccnc2)c1. The topological polar surface area (TPSA) is 90.0 Å². The van der Waals surface area contributed by atoms with Crippen LogP contribution in [0.2, 0.25) is 0 Å². The molecular weight excluding hydrogens is 239 g/mol. The van der Waals surface area contributed by atoms with Crippen LogP contribution in [-0.2, 0) is 0 Å². The highest BCUT2D eigenvalue weighted by molar-refractivity contribution is 5.96. The lowest BCUT2D eigenvalue weighted by atomic mass is 10.2. The molecule has 0 radical (unpaired) electrons. The minimum Gasteiger partial charge on any atom is -0.366 e. The van der Waals surface area contributed by atoms with Gasteiger partial charge in [-0.1, -0.05) is 0 Å². The van der Waals surface area contributed by atoms with Gasteiger partial charge in [0.2, 0.25) is 5.91 Å². The number of hydrogen-bond acceptors (Lipinski definition) is 3. The van der Waals surface area contributed by atoms with E-state index in [1.165, 1.54) is 30.9 Å². The number of amides is 2. The van der Waals surface area contributed by atoms with Crippen LogP contribution in [0.4, 0.5) is 14.9 Å². The lowest BCUT2D eigenvalue weighted by Gasteiger charge is -2.07. The standard InChI is InChI=1S/C11H9FN4O2/c12-8-2-1-7(10(13)17)5-9(8)15-11(18)16-4-3-14-6-16/h1-6H,(H2,13,17)(H,15,18). The largest absolute Gasteiger partial charge is 0.366 e. The van der Waals surface area contributed by atoms with E-state index in [0.29, 0.717) is 0 Å². The Morgan fingerprint density at radius 3 is 2.78 bits per heavy atom. The highest BCUT2D eigenvalue weighted by atomic mass is 19.1. The summed E-state index contributed by atoms with van der Waals surface area (Å²) in [5, 5.41) is 2.31. The molecule has 0 spiro atoms. The van der Waals surface area contributed by atoms with Crippen LogP contribution in [0.25, 0.3) is 0 Å². The first-order chi connectivity index (χ1) is 8.58. The van der Waals surface area contributed by atoms with Crippen molar-refractivity contribution < 1.29 is 14.0 Å². The summed E-state index contributed by atoms with van der Waals surface area (Å²) in [4.78, 5) is 26.3. The van der Waals surface area contributed by atoms with Crippen molar-refractivity contribution >= 4 is 17.6 Å². The molecule has 7 heteroatoms. The highest BCUT2D eigenvalue weighted by Crippen LogP contribution is 2.16. The molecule has 2 aromatic rings. The second-order valence-electron chi connectivity index (χ2n) is 3.46. The summed E-state index contributed by atoms with van der Waals surface area (Å²) in [6, 6.07) is 2.88. The van der Waals surface area contributed by atoms with Gasteiger partial charge in [0.15, 0.2) is 0 Å². The first-order valence-corrected chi connectivity index (χ1v) is 4.96. The average Bonchev–Trinajstić information content (AvgIpc) is 2.85. The van der Waals surface area contributed by atoms with Gasteiger partial charge in [0.25, 0.3) is 0 Å². The van der Waals surface area contributed by atoms with Gasteiger partial charge in [0, 0.05) is 18.0 Å². The Hall–Kier alpha value is -2.70. The molecular formula is C11H9FN4O2. The lowest BCUT2D eigenvalue weighted by molar-refractivity contribution is 0.1000. The summed E-state index contributed by atoms with van der Waals surface area (Å²) in [5.74, 6) is -1.36. The first-order valence-electron chi connectivity index (χ1n) is 4.96. The highest BCUT2D eigenvalue weighted by Gasteiger charge is 2.10. The van der Waals surface area contributed by atoms with E-state index in [4.69, 9.17) is 5.73 Å². The van der Waals surface area contributed by atoms with Gasteiger partial charge >= 0.3 is 6.03 Å². The number of halogens is 1. The number of imidazole rings is 1. The van der Waals surface area contributed by atoms with Crippen LogP contribution in [0, 0.1) is 5.82 Å². The molecule has 92 valence electrons. The Morgan fingerprint density at radius 1 is 1.39 bits per heavy atom. The van der Waals surface area contributed by atoms with Gasteiger partial charge < -0.3 is 11.1 Å². The Morgan fingerprint density at radius 2 is 2.17 bits per heavy atom. The molecule has 0 saturated heterocycles. The molecule has 2 rings (SSSR count). The number of nitrogens with zero attached hydrogens (tertiary/aromatic N) is 2. The summed E-state index contributed by atoms with van der Waals surface area (Å²) in [5.41, 5.74) is 5.06. The van der Waals surface area contributed by atoms with Crippen molar-refractivity contribution in [2.75, 3.05) is 5.32 Å². The number of nitrogens with two attached hydrogens (primary N) is 1. The van der Waals surface area contributed by atoms with E-state index < -0.39 is 17.8 Å². The zero-order valence-electron chi connectivity index (χ0n) is 9.13. The molecule has 0 aliphatic heterocycles. The van der Waals surface area contributed by atoms with E-state index >= 15 is 0 Å². The fraction of sp³-hybridized carbons (Fsp3) is 0.